The molecule has 3 amide bonds. The SMILES string of the molecule is CN(C(=O)CN1C(=O)[C@@H]2[C@H](C1=O)[C@H]1C=C[C@H]2C1)c1cc(C#N)ccn1. The summed E-state index contributed by atoms with van der Waals surface area (Å²) in [6.07, 6.45) is 6.34. The molecule has 2 fully saturated rings. The van der Waals surface area contributed by atoms with E-state index in [4.69, 9.17) is 5.26 Å². The Hall–Kier alpha value is -3.01. The third kappa shape index (κ3) is 2.25. The van der Waals surface area contributed by atoms with Crippen LogP contribution in [0.4, 0.5) is 5.82 Å². The van der Waals surface area contributed by atoms with Crippen molar-refractivity contribution in [3.05, 3.63) is 36.0 Å². The van der Waals surface area contributed by atoms with E-state index in [1.165, 1.54) is 24.2 Å². The minimum Gasteiger partial charge on any atom is -0.298 e. The molecule has 4 atom stereocenters. The van der Waals surface area contributed by atoms with E-state index in [2.05, 4.69) is 4.98 Å². The molecule has 0 radical (unpaired) electrons. The smallest absolute Gasteiger partial charge is 0.248 e. The normalized spacial score (nSPS) is 29.0. The second-order valence-electron chi connectivity index (χ2n) is 6.73. The lowest BCUT2D eigenvalue weighted by Gasteiger charge is -2.21. The molecule has 126 valence electrons. The maximum absolute atomic E-state index is 12.6. The second kappa shape index (κ2) is 5.52. The first-order valence-corrected chi connectivity index (χ1v) is 8.17. The van der Waals surface area contributed by atoms with E-state index in [0.29, 0.717) is 11.4 Å². The third-order valence-corrected chi connectivity index (χ3v) is 5.45. The quantitative estimate of drug-likeness (QED) is 0.599. The number of nitrogens with zero attached hydrogens (tertiary/aromatic N) is 4. The molecule has 2 aliphatic carbocycles. The van der Waals surface area contributed by atoms with Gasteiger partial charge in [-0.15, -0.1) is 0 Å². The summed E-state index contributed by atoms with van der Waals surface area (Å²) < 4.78 is 0. The van der Waals surface area contributed by atoms with Gasteiger partial charge in [0.15, 0.2) is 0 Å². The summed E-state index contributed by atoms with van der Waals surface area (Å²) in [7, 11) is 1.52. The average Bonchev–Trinajstić information content (AvgIpc) is 3.31. The van der Waals surface area contributed by atoms with Crippen LogP contribution >= 0.6 is 0 Å². The highest BCUT2D eigenvalue weighted by atomic mass is 16.2. The zero-order valence-electron chi connectivity index (χ0n) is 13.6. The third-order valence-electron chi connectivity index (χ3n) is 5.45. The fourth-order valence-electron chi connectivity index (χ4n) is 4.16. The summed E-state index contributed by atoms with van der Waals surface area (Å²) >= 11 is 0. The molecule has 1 saturated heterocycles. The maximum atomic E-state index is 12.6. The van der Waals surface area contributed by atoms with Crippen LogP contribution in [0.5, 0.6) is 0 Å². The first-order valence-electron chi connectivity index (χ1n) is 8.17. The van der Waals surface area contributed by atoms with Crippen molar-refractivity contribution in [1.29, 1.82) is 5.26 Å². The van der Waals surface area contributed by atoms with Gasteiger partial charge in [-0.3, -0.25) is 24.2 Å². The Morgan fingerprint density at radius 1 is 1.32 bits per heavy atom. The van der Waals surface area contributed by atoms with E-state index in [-0.39, 0.29) is 42.0 Å². The number of carbonyl (C=O) groups is 3. The zero-order chi connectivity index (χ0) is 17.7. The van der Waals surface area contributed by atoms with Crippen LogP contribution in [0.3, 0.4) is 0 Å². The van der Waals surface area contributed by atoms with Gasteiger partial charge in [-0.05, 0) is 30.4 Å². The van der Waals surface area contributed by atoms with Gasteiger partial charge in [-0.1, -0.05) is 12.2 Å². The number of hydrogen-bond acceptors (Lipinski definition) is 5. The molecule has 25 heavy (non-hydrogen) atoms. The number of aromatic nitrogens is 1. The van der Waals surface area contributed by atoms with Crippen molar-refractivity contribution in [2.45, 2.75) is 6.42 Å². The number of rotatable bonds is 3. The van der Waals surface area contributed by atoms with Gasteiger partial charge in [0.1, 0.15) is 12.4 Å². The Morgan fingerprint density at radius 2 is 1.96 bits per heavy atom. The Bertz CT molecular complexity index is 826. The van der Waals surface area contributed by atoms with Gasteiger partial charge in [-0.2, -0.15) is 5.26 Å². The number of carbonyl (C=O) groups excluding carboxylic acids is 3. The Kier molecular flexibility index (Phi) is 3.42. The van der Waals surface area contributed by atoms with Gasteiger partial charge in [0.05, 0.1) is 23.5 Å². The second-order valence-corrected chi connectivity index (χ2v) is 6.73. The molecule has 7 nitrogen and oxygen atoms in total. The Morgan fingerprint density at radius 3 is 2.56 bits per heavy atom. The van der Waals surface area contributed by atoms with Crippen LogP contribution < -0.4 is 4.90 Å². The van der Waals surface area contributed by atoms with Crippen molar-refractivity contribution in [2.24, 2.45) is 23.7 Å². The maximum Gasteiger partial charge on any atom is 0.248 e. The molecule has 2 heterocycles. The lowest BCUT2D eigenvalue weighted by Crippen LogP contribution is -2.42. The number of likely N-dealkylation sites (N-methyl/N-ethyl adjacent to an activating group) is 1. The molecule has 1 saturated carbocycles. The Balaban J connectivity index is 1.51. The molecule has 0 aromatic carbocycles. The molecule has 4 rings (SSSR count). The topological polar surface area (TPSA) is 94.4 Å². The van der Waals surface area contributed by atoms with Crippen LogP contribution in [-0.4, -0.2) is 41.2 Å². The molecule has 3 aliphatic rings. The van der Waals surface area contributed by atoms with Gasteiger partial charge in [0.2, 0.25) is 17.7 Å². The fourth-order valence-corrected chi connectivity index (χ4v) is 4.16. The van der Waals surface area contributed by atoms with Crippen molar-refractivity contribution < 1.29 is 14.4 Å². The zero-order valence-corrected chi connectivity index (χ0v) is 13.6. The van der Waals surface area contributed by atoms with Gasteiger partial charge in [0, 0.05) is 13.2 Å². The minimum absolute atomic E-state index is 0.123. The first-order chi connectivity index (χ1) is 12.0. The first kappa shape index (κ1) is 15.5. The van der Waals surface area contributed by atoms with Gasteiger partial charge in [0.25, 0.3) is 0 Å². The summed E-state index contributed by atoms with van der Waals surface area (Å²) in [6, 6.07) is 5.02. The standard InChI is InChI=1S/C18H16N4O3/c1-21(13-6-10(8-19)4-5-20-13)14(23)9-22-17(24)15-11-2-3-12(7-11)16(15)18(22)25/h2-6,11-12,15-16H,7,9H2,1H3/t11-,12-,15-,16+/m0/s1. The number of hydrogen-bond donors (Lipinski definition) is 0. The number of imide groups is 1. The molecule has 0 unspecified atom stereocenters. The number of fused-ring (bicyclic) bond motifs is 5. The van der Waals surface area contributed by atoms with Crippen molar-refractivity contribution in [2.75, 3.05) is 18.5 Å². The molecule has 1 aliphatic heterocycles. The van der Waals surface area contributed by atoms with Crippen molar-refractivity contribution in [1.82, 2.24) is 9.88 Å². The summed E-state index contributed by atoms with van der Waals surface area (Å²) in [6.45, 7) is -0.293. The van der Waals surface area contributed by atoms with Gasteiger partial charge >= 0.3 is 0 Å². The van der Waals surface area contributed by atoms with Crippen molar-refractivity contribution in [3.8, 4) is 6.07 Å². The van der Waals surface area contributed by atoms with Crippen LogP contribution in [0.25, 0.3) is 0 Å². The van der Waals surface area contributed by atoms with E-state index in [1.54, 1.807) is 6.07 Å². The molecule has 0 N–H and O–H groups in total. The molecule has 1 aromatic heterocycles. The van der Waals surface area contributed by atoms with E-state index in [9.17, 15) is 14.4 Å². The van der Waals surface area contributed by atoms with E-state index in [0.717, 1.165) is 11.3 Å². The van der Waals surface area contributed by atoms with Crippen molar-refractivity contribution in [3.63, 3.8) is 0 Å². The molecule has 2 bridgehead atoms. The van der Waals surface area contributed by atoms with Crippen LogP contribution in [0, 0.1) is 35.0 Å². The summed E-state index contributed by atoms with van der Waals surface area (Å²) in [5.41, 5.74) is 0.384. The van der Waals surface area contributed by atoms with Crippen LogP contribution in [-0.2, 0) is 14.4 Å². The lowest BCUT2D eigenvalue weighted by atomic mass is 9.85. The monoisotopic (exact) mass is 336 g/mol. The van der Waals surface area contributed by atoms with Crippen molar-refractivity contribution >= 4 is 23.5 Å². The van der Waals surface area contributed by atoms with E-state index in [1.807, 2.05) is 18.2 Å². The number of likely N-dealkylation sites (tertiary alicyclic amines) is 1. The van der Waals surface area contributed by atoms with Gasteiger partial charge < -0.3 is 0 Å². The number of amides is 3. The van der Waals surface area contributed by atoms with E-state index < -0.39 is 5.91 Å². The largest absolute Gasteiger partial charge is 0.298 e. The van der Waals surface area contributed by atoms with Crippen LogP contribution in [0.2, 0.25) is 0 Å². The molecule has 0 spiro atoms. The lowest BCUT2D eigenvalue weighted by molar-refractivity contribution is -0.143. The number of pyridine rings is 1. The highest BCUT2D eigenvalue weighted by Crippen LogP contribution is 2.52. The summed E-state index contributed by atoms with van der Waals surface area (Å²) in [5, 5.41) is 8.94. The number of anilines is 1. The highest BCUT2D eigenvalue weighted by Gasteiger charge is 2.59. The average molecular weight is 336 g/mol. The Labute approximate surface area is 144 Å². The van der Waals surface area contributed by atoms with E-state index >= 15 is 0 Å². The molecule has 7 heteroatoms. The molecular weight excluding hydrogens is 320 g/mol. The minimum atomic E-state index is -0.412. The summed E-state index contributed by atoms with van der Waals surface area (Å²) in [4.78, 5) is 44.2. The molecule has 1 aromatic rings. The summed E-state index contributed by atoms with van der Waals surface area (Å²) in [5.74, 6) is -0.952. The predicted molar refractivity (Wildman–Crippen MR) is 86.8 cm³/mol. The fraction of sp³-hybridized carbons (Fsp3) is 0.389. The molecular formula is C18H16N4O3. The van der Waals surface area contributed by atoms with Gasteiger partial charge in [-0.25, -0.2) is 4.98 Å². The number of allylic oxidation sites excluding steroid dienone is 2. The number of nitriles is 1. The van der Waals surface area contributed by atoms with Crippen LogP contribution in [0.1, 0.15) is 12.0 Å². The predicted octanol–water partition coefficient (Wildman–Crippen LogP) is 0.723. The highest BCUT2D eigenvalue weighted by molar-refractivity contribution is 6.09. The van der Waals surface area contributed by atoms with Crippen LogP contribution in [0.15, 0.2) is 30.5 Å².